The van der Waals surface area contributed by atoms with Crippen molar-refractivity contribution in [2.24, 2.45) is 0 Å². The SMILES string of the molecule is CCn1ccnc1C(O)c1ccc(OC)c(F)c1. The summed E-state index contributed by atoms with van der Waals surface area (Å²) in [6.45, 7) is 2.65. The maximum atomic E-state index is 13.6. The van der Waals surface area contributed by atoms with Crippen LogP contribution in [0.15, 0.2) is 30.6 Å². The molecular weight excluding hydrogens is 235 g/mol. The highest BCUT2D eigenvalue weighted by Crippen LogP contribution is 2.25. The van der Waals surface area contributed by atoms with E-state index in [1.807, 2.05) is 11.5 Å². The third-order valence-electron chi connectivity index (χ3n) is 2.82. The minimum atomic E-state index is -0.944. The second-order valence-corrected chi connectivity index (χ2v) is 3.87. The van der Waals surface area contributed by atoms with Crippen LogP contribution in [0.1, 0.15) is 24.4 Å². The van der Waals surface area contributed by atoms with E-state index in [1.54, 1.807) is 18.5 Å². The molecule has 1 aromatic carbocycles. The molecule has 1 atom stereocenters. The first-order valence-electron chi connectivity index (χ1n) is 5.70. The zero-order valence-corrected chi connectivity index (χ0v) is 10.3. The molecule has 0 radical (unpaired) electrons. The van der Waals surface area contributed by atoms with Crippen LogP contribution in [-0.4, -0.2) is 21.8 Å². The fourth-order valence-electron chi connectivity index (χ4n) is 1.84. The summed E-state index contributed by atoms with van der Waals surface area (Å²) < 4.78 is 20.2. The van der Waals surface area contributed by atoms with Crippen LogP contribution in [0, 0.1) is 5.82 Å². The lowest BCUT2D eigenvalue weighted by Gasteiger charge is -2.13. The molecular formula is C13H15FN2O2. The number of aromatic nitrogens is 2. The smallest absolute Gasteiger partial charge is 0.165 e. The summed E-state index contributed by atoms with van der Waals surface area (Å²) in [7, 11) is 1.40. The van der Waals surface area contributed by atoms with E-state index in [1.165, 1.54) is 19.2 Å². The molecule has 0 aliphatic rings. The summed E-state index contributed by atoms with van der Waals surface area (Å²) in [5, 5.41) is 10.2. The van der Waals surface area contributed by atoms with Crippen LogP contribution < -0.4 is 4.74 Å². The summed E-state index contributed by atoms with van der Waals surface area (Å²) >= 11 is 0. The van der Waals surface area contributed by atoms with Crippen LogP contribution in [-0.2, 0) is 6.54 Å². The molecule has 0 saturated carbocycles. The van der Waals surface area contributed by atoms with Gasteiger partial charge in [0, 0.05) is 18.9 Å². The van der Waals surface area contributed by atoms with E-state index in [4.69, 9.17) is 4.74 Å². The monoisotopic (exact) mass is 250 g/mol. The standard InChI is InChI=1S/C13H15FN2O2/c1-3-16-7-6-15-13(16)12(17)9-4-5-11(18-2)10(14)8-9/h4-8,12,17H,3H2,1-2H3. The molecule has 0 spiro atoms. The number of nitrogens with zero attached hydrogens (tertiary/aromatic N) is 2. The van der Waals surface area contributed by atoms with E-state index in [-0.39, 0.29) is 5.75 Å². The number of hydrogen-bond donors (Lipinski definition) is 1. The minimum absolute atomic E-state index is 0.157. The number of rotatable bonds is 4. The Balaban J connectivity index is 2.34. The predicted molar refractivity (Wildman–Crippen MR) is 64.9 cm³/mol. The van der Waals surface area contributed by atoms with Gasteiger partial charge in [0.15, 0.2) is 11.6 Å². The molecule has 2 rings (SSSR count). The normalized spacial score (nSPS) is 12.4. The van der Waals surface area contributed by atoms with Crippen molar-refractivity contribution in [3.8, 4) is 5.75 Å². The Bertz CT molecular complexity index is 540. The number of ether oxygens (including phenoxy) is 1. The fourth-order valence-corrected chi connectivity index (χ4v) is 1.84. The van der Waals surface area contributed by atoms with E-state index >= 15 is 0 Å². The van der Waals surface area contributed by atoms with Gasteiger partial charge in [-0.15, -0.1) is 0 Å². The molecule has 4 nitrogen and oxygen atoms in total. The maximum Gasteiger partial charge on any atom is 0.165 e. The fraction of sp³-hybridized carbons (Fsp3) is 0.308. The Labute approximate surface area is 105 Å². The summed E-state index contributed by atoms with van der Waals surface area (Å²) in [6, 6.07) is 4.38. The lowest BCUT2D eigenvalue weighted by molar-refractivity contribution is 0.204. The lowest BCUT2D eigenvalue weighted by Crippen LogP contribution is -2.09. The zero-order valence-electron chi connectivity index (χ0n) is 10.3. The Morgan fingerprint density at radius 3 is 2.89 bits per heavy atom. The van der Waals surface area contributed by atoms with Crippen molar-refractivity contribution in [2.75, 3.05) is 7.11 Å². The molecule has 1 unspecified atom stereocenters. The molecule has 1 heterocycles. The molecule has 96 valence electrons. The van der Waals surface area contributed by atoms with Gasteiger partial charge < -0.3 is 14.4 Å². The number of aryl methyl sites for hydroxylation is 1. The quantitative estimate of drug-likeness (QED) is 0.904. The van der Waals surface area contributed by atoms with Crippen molar-refractivity contribution < 1.29 is 14.2 Å². The molecule has 2 aromatic rings. The van der Waals surface area contributed by atoms with Crippen molar-refractivity contribution in [3.05, 3.63) is 47.8 Å². The Hall–Kier alpha value is -1.88. The Morgan fingerprint density at radius 1 is 1.50 bits per heavy atom. The van der Waals surface area contributed by atoms with Gasteiger partial charge in [0.05, 0.1) is 7.11 Å². The van der Waals surface area contributed by atoms with Crippen LogP contribution in [0.5, 0.6) is 5.75 Å². The number of benzene rings is 1. The molecule has 1 aromatic heterocycles. The van der Waals surface area contributed by atoms with Gasteiger partial charge in [-0.2, -0.15) is 0 Å². The second kappa shape index (κ2) is 5.18. The van der Waals surface area contributed by atoms with Crippen molar-refractivity contribution in [1.29, 1.82) is 0 Å². The summed E-state index contributed by atoms with van der Waals surface area (Å²) in [5.41, 5.74) is 0.453. The average molecular weight is 250 g/mol. The van der Waals surface area contributed by atoms with Crippen LogP contribution in [0.4, 0.5) is 4.39 Å². The molecule has 0 saturated heterocycles. The summed E-state index contributed by atoms with van der Waals surface area (Å²) in [4.78, 5) is 4.09. The first kappa shape index (κ1) is 12.6. The van der Waals surface area contributed by atoms with Crippen LogP contribution >= 0.6 is 0 Å². The Kier molecular flexibility index (Phi) is 3.62. The van der Waals surface area contributed by atoms with Gasteiger partial charge in [-0.1, -0.05) is 6.07 Å². The van der Waals surface area contributed by atoms with Gasteiger partial charge >= 0.3 is 0 Å². The number of imidazole rings is 1. The van der Waals surface area contributed by atoms with E-state index in [2.05, 4.69) is 4.98 Å². The second-order valence-electron chi connectivity index (χ2n) is 3.87. The molecule has 0 amide bonds. The number of aliphatic hydroxyl groups excluding tert-OH is 1. The first-order chi connectivity index (χ1) is 8.67. The summed E-state index contributed by atoms with van der Waals surface area (Å²) in [5.74, 6) is 0.163. The van der Waals surface area contributed by atoms with Gasteiger partial charge in [0.2, 0.25) is 0 Å². The molecule has 18 heavy (non-hydrogen) atoms. The van der Waals surface area contributed by atoms with E-state index in [0.29, 0.717) is 17.9 Å². The third kappa shape index (κ3) is 2.22. The van der Waals surface area contributed by atoms with Gasteiger partial charge in [0.25, 0.3) is 0 Å². The van der Waals surface area contributed by atoms with Crippen molar-refractivity contribution >= 4 is 0 Å². The first-order valence-corrected chi connectivity index (χ1v) is 5.70. The number of halogens is 1. The zero-order chi connectivity index (χ0) is 13.1. The topological polar surface area (TPSA) is 47.3 Å². The molecule has 1 N–H and O–H groups in total. The van der Waals surface area contributed by atoms with E-state index in [0.717, 1.165) is 0 Å². The van der Waals surface area contributed by atoms with Crippen LogP contribution in [0.25, 0.3) is 0 Å². The minimum Gasteiger partial charge on any atom is -0.494 e. The molecule has 5 heteroatoms. The molecule has 0 aliphatic carbocycles. The van der Waals surface area contributed by atoms with Crippen molar-refractivity contribution in [1.82, 2.24) is 9.55 Å². The molecule has 0 bridgehead atoms. The van der Waals surface area contributed by atoms with Gasteiger partial charge in [-0.05, 0) is 24.6 Å². The Morgan fingerprint density at radius 2 is 2.28 bits per heavy atom. The van der Waals surface area contributed by atoms with E-state index in [9.17, 15) is 9.50 Å². The molecule has 0 aliphatic heterocycles. The highest BCUT2D eigenvalue weighted by Gasteiger charge is 2.17. The predicted octanol–water partition coefficient (Wildman–Crippen LogP) is 2.13. The largest absolute Gasteiger partial charge is 0.494 e. The highest BCUT2D eigenvalue weighted by atomic mass is 19.1. The van der Waals surface area contributed by atoms with Gasteiger partial charge in [-0.25, -0.2) is 9.37 Å². The number of methoxy groups -OCH3 is 1. The van der Waals surface area contributed by atoms with Crippen LogP contribution in [0.2, 0.25) is 0 Å². The van der Waals surface area contributed by atoms with Crippen LogP contribution in [0.3, 0.4) is 0 Å². The number of aliphatic hydroxyl groups is 1. The summed E-state index contributed by atoms with van der Waals surface area (Å²) in [6.07, 6.45) is 2.45. The van der Waals surface area contributed by atoms with Crippen molar-refractivity contribution in [2.45, 2.75) is 19.6 Å². The van der Waals surface area contributed by atoms with Gasteiger partial charge in [0.1, 0.15) is 11.9 Å². The van der Waals surface area contributed by atoms with E-state index < -0.39 is 11.9 Å². The maximum absolute atomic E-state index is 13.6. The lowest BCUT2D eigenvalue weighted by atomic mass is 10.1. The van der Waals surface area contributed by atoms with Crippen molar-refractivity contribution in [3.63, 3.8) is 0 Å². The number of hydrogen-bond acceptors (Lipinski definition) is 3. The average Bonchev–Trinajstić information content (AvgIpc) is 2.86. The van der Waals surface area contributed by atoms with Gasteiger partial charge in [-0.3, -0.25) is 0 Å². The highest BCUT2D eigenvalue weighted by molar-refractivity contribution is 5.32. The molecule has 0 fully saturated rings. The third-order valence-corrected chi connectivity index (χ3v) is 2.82.